The predicted octanol–water partition coefficient (Wildman–Crippen LogP) is 5.61. The number of carbonyl (C=O) groups excluding carboxylic acids is 1. The summed E-state index contributed by atoms with van der Waals surface area (Å²) < 4.78 is 45.9. The van der Waals surface area contributed by atoms with Gasteiger partial charge in [0.25, 0.3) is 0 Å². The molecule has 0 unspecified atom stereocenters. The van der Waals surface area contributed by atoms with Gasteiger partial charge in [0, 0.05) is 30.7 Å². The lowest BCUT2D eigenvalue weighted by Crippen LogP contribution is -2.20. The summed E-state index contributed by atoms with van der Waals surface area (Å²) >= 11 is 5.61. The number of carbonyl (C=O) groups is 1. The van der Waals surface area contributed by atoms with Crippen LogP contribution in [-0.4, -0.2) is 45.8 Å². The molecule has 0 aliphatic carbocycles. The molecule has 2 aromatic carbocycles. The summed E-state index contributed by atoms with van der Waals surface area (Å²) in [6.07, 6.45) is -1.60. The molecule has 0 bridgehead atoms. The molecule has 0 aliphatic heterocycles. The Morgan fingerprint density at radius 2 is 1.75 bits per heavy atom. The highest BCUT2D eigenvalue weighted by Gasteiger charge is 2.33. The monoisotopic (exact) mass is 541 g/mol. The van der Waals surface area contributed by atoms with Crippen molar-refractivity contribution in [2.24, 2.45) is 0 Å². The predicted molar refractivity (Wildman–Crippen MR) is 133 cm³/mol. The maximum absolute atomic E-state index is 13.0. The Bertz CT molecular complexity index is 1350. The molecule has 2 aromatic heterocycles. The molecule has 0 atom stereocenters. The molecular formula is C22H20Cl2F3N7O2. The van der Waals surface area contributed by atoms with Crippen molar-refractivity contribution in [3.8, 4) is 5.69 Å². The summed E-state index contributed by atoms with van der Waals surface area (Å²) in [6, 6.07) is 9.18. The van der Waals surface area contributed by atoms with Gasteiger partial charge >= 0.3 is 12.2 Å². The number of hydrogen-bond acceptors (Lipinski definition) is 6. The van der Waals surface area contributed by atoms with Gasteiger partial charge in [-0.2, -0.15) is 13.2 Å². The van der Waals surface area contributed by atoms with E-state index >= 15 is 0 Å². The molecule has 0 fully saturated rings. The van der Waals surface area contributed by atoms with Crippen LogP contribution in [0, 0.1) is 0 Å². The summed E-state index contributed by atoms with van der Waals surface area (Å²) in [5.74, 6) is 0.580. The number of halogens is 5. The van der Waals surface area contributed by atoms with Crippen LogP contribution >= 0.6 is 24.0 Å². The maximum Gasteiger partial charge on any atom is 0.417 e. The molecular weight excluding hydrogens is 522 g/mol. The zero-order valence-corrected chi connectivity index (χ0v) is 20.2. The van der Waals surface area contributed by atoms with Crippen LogP contribution in [0.3, 0.4) is 0 Å². The summed E-state index contributed by atoms with van der Waals surface area (Å²) in [5.41, 5.74) is 1.25. The highest BCUT2D eigenvalue weighted by Crippen LogP contribution is 2.36. The first-order valence-corrected chi connectivity index (χ1v) is 10.6. The normalized spacial score (nSPS) is 11.1. The minimum atomic E-state index is -4.63. The molecule has 0 aliphatic rings. The summed E-state index contributed by atoms with van der Waals surface area (Å²) in [5, 5.41) is 7.63. The average Bonchev–Trinajstić information content (AvgIpc) is 3.25. The number of imidazole rings is 1. The molecule has 14 heteroatoms. The Morgan fingerprint density at radius 3 is 2.44 bits per heavy atom. The van der Waals surface area contributed by atoms with E-state index in [1.54, 1.807) is 42.3 Å². The third-order valence-electron chi connectivity index (χ3n) is 4.87. The SMILES string of the molecule is COCCNc1ncnc2c1ncn2-c1ccc(NC(=O)Nc2ccc(Cl)c(C(F)(F)F)c2)cc1.Cl. The molecule has 3 N–H and O–H groups in total. The van der Waals surface area contributed by atoms with Gasteiger partial charge in [-0.05, 0) is 42.5 Å². The van der Waals surface area contributed by atoms with Gasteiger partial charge in [-0.1, -0.05) is 11.6 Å². The molecule has 0 spiro atoms. The molecule has 0 saturated heterocycles. The molecule has 4 aromatic rings. The maximum atomic E-state index is 13.0. The number of rotatable bonds is 7. The van der Waals surface area contributed by atoms with Gasteiger partial charge in [0.15, 0.2) is 17.0 Å². The van der Waals surface area contributed by atoms with Crippen LogP contribution in [0.15, 0.2) is 55.1 Å². The van der Waals surface area contributed by atoms with Gasteiger partial charge in [-0.3, -0.25) is 4.57 Å². The highest BCUT2D eigenvalue weighted by molar-refractivity contribution is 6.31. The fraction of sp³-hybridized carbons (Fsp3) is 0.182. The fourth-order valence-electron chi connectivity index (χ4n) is 3.24. The van der Waals surface area contributed by atoms with Gasteiger partial charge < -0.3 is 20.7 Å². The first kappa shape index (κ1) is 27.0. The first-order chi connectivity index (χ1) is 16.8. The molecule has 4 rings (SSSR count). The van der Waals surface area contributed by atoms with Gasteiger partial charge in [-0.25, -0.2) is 19.7 Å². The number of anilines is 3. The second-order valence-corrected chi connectivity index (χ2v) is 7.65. The molecule has 0 radical (unpaired) electrons. The summed E-state index contributed by atoms with van der Waals surface area (Å²) in [6.45, 7) is 1.07. The van der Waals surface area contributed by atoms with E-state index in [9.17, 15) is 18.0 Å². The van der Waals surface area contributed by atoms with Crippen molar-refractivity contribution >= 4 is 58.4 Å². The van der Waals surface area contributed by atoms with Crippen molar-refractivity contribution in [3.05, 3.63) is 65.7 Å². The third kappa shape index (κ3) is 6.14. The smallest absolute Gasteiger partial charge is 0.383 e. The number of methoxy groups -OCH3 is 1. The van der Waals surface area contributed by atoms with E-state index < -0.39 is 22.8 Å². The lowest BCUT2D eigenvalue weighted by atomic mass is 10.2. The highest BCUT2D eigenvalue weighted by atomic mass is 35.5. The number of hydrogen-bond donors (Lipinski definition) is 3. The number of nitrogens with zero attached hydrogens (tertiary/aromatic N) is 4. The van der Waals surface area contributed by atoms with E-state index in [0.717, 1.165) is 17.8 Å². The Kier molecular flexibility index (Phi) is 8.56. The largest absolute Gasteiger partial charge is 0.417 e. The molecule has 2 amide bonds. The minimum absolute atomic E-state index is 0. The van der Waals surface area contributed by atoms with Crippen LogP contribution in [0.25, 0.3) is 16.9 Å². The van der Waals surface area contributed by atoms with E-state index in [1.807, 2.05) is 0 Å². The quantitative estimate of drug-likeness (QED) is 0.262. The van der Waals surface area contributed by atoms with Crippen LogP contribution in [0.1, 0.15) is 5.56 Å². The minimum Gasteiger partial charge on any atom is -0.383 e. The number of fused-ring (bicyclic) bond motifs is 1. The van der Waals surface area contributed by atoms with Crippen molar-refractivity contribution in [1.82, 2.24) is 19.5 Å². The van der Waals surface area contributed by atoms with E-state index in [2.05, 4.69) is 30.9 Å². The second-order valence-electron chi connectivity index (χ2n) is 7.25. The van der Waals surface area contributed by atoms with Crippen LogP contribution in [0.5, 0.6) is 0 Å². The lowest BCUT2D eigenvalue weighted by molar-refractivity contribution is -0.137. The topological polar surface area (TPSA) is 106 Å². The van der Waals surface area contributed by atoms with Crippen molar-refractivity contribution in [1.29, 1.82) is 0 Å². The van der Waals surface area contributed by atoms with Crippen molar-refractivity contribution in [2.75, 3.05) is 36.2 Å². The Labute approximate surface area is 214 Å². The van der Waals surface area contributed by atoms with Crippen molar-refractivity contribution in [3.63, 3.8) is 0 Å². The first-order valence-electron chi connectivity index (χ1n) is 10.2. The molecule has 9 nitrogen and oxygen atoms in total. The summed E-state index contributed by atoms with van der Waals surface area (Å²) in [4.78, 5) is 25.2. The Hall–Kier alpha value is -3.61. The standard InChI is InChI=1S/C22H19ClF3N7O2.ClH/c1-35-9-8-27-19-18-20(29-11-28-19)33(12-30-18)15-5-2-13(3-6-15)31-21(34)32-14-4-7-17(23)16(10-14)22(24,25)26;/h2-7,10-12H,8-9H2,1H3,(H,27,28,29)(H2,31,32,34);1H. The summed E-state index contributed by atoms with van der Waals surface area (Å²) in [7, 11) is 1.61. The zero-order valence-electron chi connectivity index (χ0n) is 18.6. The number of ether oxygens (including phenoxy) is 1. The van der Waals surface area contributed by atoms with Crippen molar-refractivity contribution < 1.29 is 22.7 Å². The fourth-order valence-corrected chi connectivity index (χ4v) is 3.47. The number of aromatic nitrogens is 4. The number of nitrogens with one attached hydrogen (secondary N) is 3. The Balaban J connectivity index is 0.00000361. The van der Waals surface area contributed by atoms with Gasteiger partial charge in [0.05, 0.1) is 17.2 Å². The van der Waals surface area contributed by atoms with Gasteiger partial charge in [-0.15, -0.1) is 12.4 Å². The molecule has 0 saturated carbocycles. The van der Waals surface area contributed by atoms with E-state index in [4.69, 9.17) is 16.3 Å². The van der Waals surface area contributed by atoms with Crippen LogP contribution in [0.4, 0.5) is 35.2 Å². The molecule has 190 valence electrons. The second kappa shape index (κ2) is 11.4. The average molecular weight is 542 g/mol. The number of urea groups is 1. The van der Waals surface area contributed by atoms with Crippen LogP contribution in [-0.2, 0) is 10.9 Å². The molecule has 2 heterocycles. The number of amides is 2. The van der Waals surface area contributed by atoms with Crippen molar-refractivity contribution in [2.45, 2.75) is 6.18 Å². The van der Waals surface area contributed by atoms with Gasteiger partial charge in [0.1, 0.15) is 12.7 Å². The van der Waals surface area contributed by atoms with Gasteiger partial charge in [0.2, 0.25) is 0 Å². The van der Waals surface area contributed by atoms with E-state index in [1.165, 1.54) is 12.4 Å². The van der Waals surface area contributed by atoms with Crippen LogP contribution in [0.2, 0.25) is 5.02 Å². The molecule has 36 heavy (non-hydrogen) atoms. The van der Waals surface area contributed by atoms with Crippen LogP contribution < -0.4 is 16.0 Å². The number of alkyl halides is 3. The lowest BCUT2D eigenvalue weighted by Gasteiger charge is -2.12. The Morgan fingerprint density at radius 1 is 1.06 bits per heavy atom. The zero-order chi connectivity index (χ0) is 25.0. The van der Waals surface area contributed by atoms with E-state index in [0.29, 0.717) is 35.8 Å². The third-order valence-corrected chi connectivity index (χ3v) is 5.19. The van der Waals surface area contributed by atoms with E-state index in [-0.39, 0.29) is 18.1 Å². The number of benzene rings is 2.